The quantitative estimate of drug-likeness (QED) is 0.837. The van der Waals surface area contributed by atoms with Gasteiger partial charge in [0, 0.05) is 18.0 Å². The van der Waals surface area contributed by atoms with E-state index in [2.05, 4.69) is 36.2 Å². The van der Waals surface area contributed by atoms with Crippen molar-refractivity contribution in [2.24, 2.45) is 0 Å². The summed E-state index contributed by atoms with van der Waals surface area (Å²) in [6.07, 6.45) is 4.82. The van der Waals surface area contributed by atoms with Crippen LogP contribution in [0.15, 0.2) is 35.5 Å². The molecule has 0 aliphatic carbocycles. The standard InChI is InChI=1S/C10H9BrN4O/c11-9-3-7(1-2-13-9)10(16)14-5-8-4-12-6-15-8/h1-4,6H,5H2,(H,12,15)(H,14,16). The van der Waals surface area contributed by atoms with Crippen LogP contribution >= 0.6 is 15.9 Å². The van der Waals surface area contributed by atoms with Gasteiger partial charge in [0.1, 0.15) is 4.60 Å². The number of carbonyl (C=O) groups is 1. The Morgan fingerprint density at radius 3 is 3.12 bits per heavy atom. The van der Waals surface area contributed by atoms with Crippen molar-refractivity contribution in [1.82, 2.24) is 20.3 Å². The van der Waals surface area contributed by atoms with E-state index < -0.39 is 0 Å². The highest BCUT2D eigenvalue weighted by Crippen LogP contribution is 2.07. The average molecular weight is 281 g/mol. The predicted octanol–water partition coefficient (Wildman–Crippen LogP) is 1.50. The van der Waals surface area contributed by atoms with Gasteiger partial charge < -0.3 is 10.3 Å². The molecule has 0 aliphatic heterocycles. The number of halogens is 1. The molecule has 2 heterocycles. The summed E-state index contributed by atoms with van der Waals surface area (Å²) in [5.74, 6) is -0.141. The number of imidazole rings is 1. The zero-order valence-corrected chi connectivity index (χ0v) is 9.86. The Hall–Kier alpha value is -1.69. The van der Waals surface area contributed by atoms with Gasteiger partial charge in [-0.2, -0.15) is 0 Å². The molecule has 82 valence electrons. The Balaban J connectivity index is 1.98. The van der Waals surface area contributed by atoms with Gasteiger partial charge in [0.2, 0.25) is 0 Å². The summed E-state index contributed by atoms with van der Waals surface area (Å²) >= 11 is 3.21. The number of nitrogens with zero attached hydrogens (tertiary/aromatic N) is 2. The minimum Gasteiger partial charge on any atom is -0.347 e. The third kappa shape index (κ3) is 2.66. The molecule has 0 atom stereocenters. The molecule has 0 spiro atoms. The second-order valence-electron chi connectivity index (χ2n) is 3.13. The summed E-state index contributed by atoms with van der Waals surface area (Å²) in [6, 6.07) is 3.33. The van der Waals surface area contributed by atoms with Gasteiger partial charge in [-0.05, 0) is 28.1 Å². The first-order chi connectivity index (χ1) is 7.75. The van der Waals surface area contributed by atoms with Crippen molar-refractivity contribution in [3.8, 4) is 0 Å². The fourth-order valence-corrected chi connectivity index (χ4v) is 1.57. The van der Waals surface area contributed by atoms with E-state index in [1.165, 1.54) is 0 Å². The first kappa shape index (κ1) is 10.8. The van der Waals surface area contributed by atoms with Gasteiger partial charge in [0.25, 0.3) is 5.91 Å². The lowest BCUT2D eigenvalue weighted by Crippen LogP contribution is -2.22. The molecule has 1 amide bonds. The van der Waals surface area contributed by atoms with Gasteiger partial charge in [-0.15, -0.1) is 0 Å². The molecular formula is C10H9BrN4O. The third-order valence-electron chi connectivity index (χ3n) is 1.98. The summed E-state index contributed by atoms with van der Waals surface area (Å²) in [5, 5.41) is 2.77. The fourth-order valence-electron chi connectivity index (χ4n) is 1.20. The first-order valence-corrected chi connectivity index (χ1v) is 5.42. The number of rotatable bonds is 3. The van der Waals surface area contributed by atoms with Crippen LogP contribution in [-0.2, 0) is 6.54 Å². The van der Waals surface area contributed by atoms with Gasteiger partial charge in [-0.1, -0.05) is 0 Å². The van der Waals surface area contributed by atoms with Crippen LogP contribution in [0.4, 0.5) is 0 Å². The van der Waals surface area contributed by atoms with Gasteiger partial charge in [0.15, 0.2) is 0 Å². The number of hydrogen-bond donors (Lipinski definition) is 2. The second kappa shape index (κ2) is 4.89. The first-order valence-electron chi connectivity index (χ1n) is 4.63. The van der Waals surface area contributed by atoms with Gasteiger partial charge >= 0.3 is 0 Å². The van der Waals surface area contributed by atoms with E-state index in [0.717, 1.165) is 5.69 Å². The van der Waals surface area contributed by atoms with Crippen molar-refractivity contribution >= 4 is 21.8 Å². The lowest BCUT2D eigenvalue weighted by molar-refractivity contribution is 0.0950. The van der Waals surface area contributed by atoms with Crippen LogP contribution in [0.3, 0.4) is 0 Å². The van der Waals surface area contributed by atoms with Crippen LogP contribution in [0, 0.1) is 0 Å². The lowest BCUT2D eigenvalue weighted by Gasteiger charge is -2.03. The molecular weight excluding hydrogens is 272 g/mol. The van der Waals surface area contributed by atoms with Crippen molar-refractivity contribution in [1.29, 1.82) is 0 Å². The Labute approximate surface area is 100 Å². The Morgan fingerprint density at radius 2 is 2.44 bits per heavy atom. The van der Waals surface area contributed by atoms with Crippen LogP contribution in [0.1, 0.15) is 16.1 Å². The van der Waals surface area contributed by atoms with Crippen LogP contribution in [-0.4, -0.2) is 20.9 Å². The maximum absolute atomic E-state index is 11.7. The number of aromatic amines is 1. The van der Waals surface area contributed by atoms with Crippen molar-refractivity contribution < 1.29 is 4.79 Å². The molecule has 0 saturated carbocycles. The number of hydrogen-bond acceptors (Lipinski definition) is 3. The van der Waals surface area contributed by atoms with Gasteiger partial charge in [-0.3, -0.25) is 4.79 Å². The number of carbonyl (C=O) groups excluding carboxylic acids is 1. The minimum atomic E-state index is -0.141. The van der Waals surface area contributed by atoms with E-state index in [-0.39, 0.29) is 5.91 Å². The number of pyridine rings is 1. The predicted molar refractivity (Wildman–Crippen MR) is 61.7 cm³/mol. The van der Waals surface area contributed by atoms with E-state index in [0.29, 0.717) is 16.7 Å². The molecule has 2 N–H and O–H groups in total. The fraction of sp³-hybridized carbons (Fsp3) is 0.100. The largest absolute Gasteiger partial charge is 0.347 e. The van der Waals surface area contributed by atoms with Crippen molar-refractivity contribution in [3.63, 3.8) is 0 Å². The Morgan fingerprint density at radius 1 is 1.56 bits per heavy atom. The number of aromatic nitrogens is 3. The van der Waals surface area contributed by atoms with E-state index in [1.54, 1.807) is 30.9 Å². The highest BCUT2D eigenvalue weighted by atomic mass is 79.9. The van der Waals surface area contributed by atoms with E-state index in [4.69, 9.17) is 0 Å². The Kier molecular flexibility index (Phi) is 3.31. The highest BCUT2D eigenvalue weighted by molar-refractivity contribution is 9.10. The van der Waals surface area contributed by atoms with Crippen LogP contribution < -0.4 is 5.32 Å². The van der Waals surface area contributed by atoms with Gasteiger partial charge in [-0.25, -0.2) is 9.97 Å². The molecule has 0 aromatic carbocycles. The molecule has 2 aromatic heterocycles. The third-order valence-corrected chi connectivity index (χ3v) is 2.42. The molecule has 0 radical (unpaired) electrons. The average Bonchev–Trinajstić information content (AvgIpc) is 2.78. The summed E-state index contributed by atoms with van der Waals surface area (Å²) in [5.41, 5.74) is 1.43. The smallest absolute Gasteiger partial charge is 0.251 e. The molecule has 0 saturated heterocycles. The second-order valence-corrected chi connectivity index (χ2v) is 3.94. The molecule has 2 aromatic rings. The molecule has 0 bridgehead atoms. The van der Waals surface area contributed by atoms with Crippen molar-refractivity contribution in [2.45, 2.75) is 6.54 Å². The Bertz CT molecular complexity index is 483. The number of H-pyrrole nitrogens is 1. The molecule has 16 heavy (non-hydrogen) atoms. The van der Waals surface area contributed by atoms with E-state index in [9.17, 15) is 4.79 Å². The highest BCUT2D eigenvalue weighted by Gasteiger charge is 2.05. The van der Waals surface area contributed by atoms with Crippen molar-refractivity contribution in [2.75, 3.05) is 0 Å². The maximum atomic E-state index is 11.7. The topological polar surface area (TPSA) is 70.7 Å². The van der Waals surface area contributed by atoms with Crippen LogP contribution in [0.25, 0.3) is 0 Å². The molecule has 0 fully saturated rings. The van der Waals surface area contributed by atoms with Crippen molar-refractivity contribution in [3.05, 3.63) is 46.7 Å². The summed E-state index contributed by atoms with van der Waals surface area (Å²) in [7, 11) is 0. The van der Waals surface area contributed by atoms with E-state index >= 15 is 0 Å². The zero-order valence-electron chi connectivity index (χ0n) is 8.27. The molecule has 0 aliphatic rings. The zero-order chi connectivity index (χ0) is 11.4. The maximum Gasteiger partial charge on any atom is 0.251 e. The summed E-state index contributed by atoms with van der Waals surface area (Å²) < 4.78 is 0.640. The van der Waals surface area contributed by atoms with Crippen LogP contribution in [0.5, 0.6) is 0 Å². The monoisotopic (exact) mass is 280 g/mol. The summed E-state index contributed by atoms with van der Waals surface area (Å²) in [4.78, 5) is 22.4. The van der Waals surface area contributed by atoms with Gasteiger partial charge in [0.05, 0.1) is 18.6 Å². The SMILES string of the molecule is O=C(NCc1cnc[nH]1)c1ccnc(Br)c1. The number of amides is 1. The van der Waals surface area contributed by atoms with Crippen LogP contribution in [0.2, 0.25) is 0 Å². The normalized spacial score (nSPS) is 10.1. The summed E-state index contributed by atoms with van der Waals surface area (Å²) in [6.45, 7) is 0.429. The van der Waals surface area contributed by atoms with E-state index in [1.807, 2.05) is 0 Å². The lowest BCUT2D eigenvalue weighted by atomic mass is 10.2. The minimum absolute atomic E-state index is 0.141. The number of nitrogens with one attached hydrogen (secondary N) is 2. The molecule has 5 nitrogen and oxygen atoms in total. The molecule has 2 rings (SSSR count). The molecule has 6 heteroatoms. The molecule has 0 unspecified atom stereocenters.